The molecule has 3 amide bonds. The van der Waals surface area contributed by atoms with E-state index in [1.54, 1.807) is 6.92 Å². The molecule has 2 aromatic carbocycles. The van der Waals surface area contributed by atoms with Gasteiger partial charge in [-0.1, -0.05) is 0 Å². The minimum atomic E-state index is -0.545. The van der Waals surface area contributed by atoms with E-state index in [9.17, 15) is 24.5 Å². The van der Waals surface area contributed by atoms with Crippen molar-refractivity contribution < 1.29 is 19.3 Å². The number of carbonyl (C=O) groups is 3. The lowest BCUT2D eigenvalue weighted by Gasteiger charge is -2.08. The molecule has 0 radical (unpaired) electrons. The van der Waals surface area contributed by atoms with Gasteiger partial charge < -0.3 is 5.32 Å². The maximum absolute atomic E-state index is 12.3. The lowest BCUT2D eigenvalue weighted by molar-refractivity contribution is -0.384. The molecule has 0 fully saturated rings. The lowest BCUT2D eigenvalue weighted by atomic mass is 10.0. The molecule has 3 rings (SSSR count). The van der Waals surface area contributed by atoms with Gasteiger partial charge in [0.15, 0.2) is 0 Å². The van der Waals surface area contributed by atoms with Crippen molar-refractivity contribution in [3.05, 3.63) is 68.8 Å². The molecule has 0 bridgehead atoms. The summed E-state index contributed by atoms with van der Waals surface area (Å²) in [6.45, 7) is 1.64. The van der Waals surface area contributed by atoms with Crippen LogP contribution in [-0.2, 0) is 0 Å². The first kappa shape index (κ1) is 15.3. The van der Waals surface area contributed by atoms with Gasteiger partial charge in [0.25, 0.3) is 23.4 Å². The normalized spacial score (nSPS) is 12.5. The maximum atomic E-state index is 12.3. The summed E-state index contributed by atoms with van der Waals surface area (Å²) < 4.78 is 0. The molecule has 1 aliphatic rings. The quantitative estimate of drug-likeness (QED) is 0.508. The average Bonchev–Trinajstić information content (AvgIpc) is 2.83. The highest BCUT2D eigenvalue weighted by Gasteiger charge is 2.27. The van der Waals surface area contributed by atoms with Crippen LogP contribution < -0.4 is 10.6 Å². The number of imide groups is 1. The number of nitrogens with one attached hydrogen (secondary N) is 2. The number of aryl methyl sites for hydroxylation is 1. The molecule has 2 N–H and O–H groups in total. The molecule has 0 unspecified atom stereocenters. The van der Waals surface area contributed by atoms with Crippen molar-refractivity contribution in [3.63, 3.8) is 0 Å². The minimum absolute atomic E-state index is 0.0711. The topological polar surface area (TPSA) is 118 Å². The largest absolute Gasteiger partial charge is 0.322 e. The predicted octanol–water partition coefficient (Wildman–Crippen LogP) is 2.04. The summed E-state index contributed by atoms with van der Waals surface area (Å²) in [5.41, 5.74) is 1.46. The molecule has 0 saturated carbocycles. The van der Waals surface area contributed by atoms with Crippen LogP contribution in [0.3, 0.4) is 0 Å². The Morgan fingerprint density at radius 3 is 2.46 bits per heavy atom. The van der Waals surface area contributed by atoms with Crippen LogP contribution in [0.1, 0.15) is 36.6 Å². The molecule has 1 heterocycles. The van der Waals surface area contributed by atoms with Crippen LogP contribution in [0.15, 0.2) is 36.4 Å². The van der Waals surface area contributed by atoms with E-state index in [4.69, 9.17) is 0 Å². The van der Waals surface area contributed by atoms with Crippen molar-refractivity contribution in [2.24, 2.45) is 0 Å². The van der Waals surface area contributed by atoms with Gasteiger partial charge in [-0.05, 0) is 36.8 Å². The van der Waals surface area contributed by atoms with E-state index in [1.165, 1.54) is 36.4 Å². The second kappa shape index (κ2) is 5.58. The van der Waals surface area contributed by atoms with Gasteiger partial charge in [0.2, 0.25) is 0 Å². The van der Waals surface area contributed by atoms with E-state index >= 15 is 0 Å². The number of rotatable bonds is 3. The molecule has 2 aromatic rings. The average molecular weight is 325 g/mol. The van der Waals surface area contributed by atoms with E-state index in [0.717, 1.165) is 0 Å². The first-order chi connectivity index (χ1) is 11.4. The first-order valence-corrected chi connectivity index (χ1v) is 6.93. The van der Waals surface area contributed by atoms with E-state index in [0.29, 0.717) is 11.3 Å². The lowest BCUT2D eigenvalue weighted by Crippen LogP contribution is -2.20. The van der Waals surface area contributed by atoms with Crippen molar-refractivity contribution >= 4 is 29.1 Å². The number of nitrogens with zero attached hydrogens (tertiary/aromatic N) is 1. The number of nitro groups is 1. The fourth-order valence-electron chi connectivity index (χ4n) is 2.41. The Balaban J connectivity index is 1.86. The summed E-state index contributed by atoms with van der Waals surface area (Å²) in [5, 5.41) is 15.5. The molecule has 0 saturated heterocycles. The Kier molecular flexibility index (Phi) is 3.57. The summed E-state index contributed by atoms with van der Waals surface area (Å²) >= 11 is 0. The van der Waals surface area contributed by atoms with Gasteiger partial charge in [0.1, 0.15) is 0 Å². The molecule has 0 aliphatic carbocycles. The zero-order valence-electron chi connectivity index (χ0n) is 12.5. The number of amides is 3. The second-order valence-electron chi connectivity index (χ2n) is 5.25. The van der Waals surface area contributed by atoms with Gasteiger partial charge in [-0.2, -0.15) is 0 Å². The fraction of sp³-hybridized carbons (Fsp3) is 0.0625. The molecule has 0 atom stereocenters. The van der Waals surface area contributed by atoms with Crippen LogP contribution in [0.25, 0.3) is 0 Å². The number of anilines is 1. The SMILES string of the molecule is Cc1cc([N+](=O)[O-])ccc1NC(=O)c1ccc2c(c1)C(=O)NC2=O. The summed E-state index contributed by atoms with van der Waals surface area (Å²) in [4.78, 5) is 45.6. The van der Waals surface area contributed by atoms with Gasteiger partial charge in [0, 0.05) is 23.4 Å². The minimum Gasteiger partial charge on any atom is -0.322 e. The number of hydrogen-bond acceptors (Lipinski definition) is 5. The molecule has 0 spiro atoms. The second-order valence-corrected chi connectivity index (χ2v) is 5.25. The summed E-state index contributed by atoms with van der Waals surface area (Å²) in [5.74, 6) is -1.52. The Morgan fingerprint density at radius 2 is 1.79 bits per heavy atom. The third-order valence-corrected chi connectivity index (χ3v) is 3.67. The summed E-state index contributed by atoms with van der Waals surface area (Å²) in [6, 6.07) is 8.27. The number of fused-ring (bicyclic) bond motifs is 1. The van der Waals surface area contributed by atoms with Crippen molar-refractivity contribution in [1.29, 1.82) is 0 Å². The number of carbonyl (C=O) groups excluding carboxylic acids is 3. The summed E-state index contributed by atoms with van der Waals surface area (Å²) in [7, 11) is 0. The highest BCUT2D eigenvalue weighted by molar-refractivity contribution is 6.22. The molecular formula is C16H11N3O5. The van der Waals surface area contributed by atoms with E-state index in [-0.39, 0.29) is 22.4 Å². The van der Waals surface area contributed by atoms with E-state index in [1.807, 2.05) is 0 Å². The van der Waals surface area contributed by atoms with E-state index in [2.05, 4.69) is 10.6 Å². The summed E-state index contributed by atoms with van der Waals surface area (Å²) in [6.07, 6.45) is 0. The highest BCUT2D eigenvalue weighted by atomic mass is 16.6. The Labute approximate surface area is 135 Å². The van der Waals surface area contributed by atoms with Gasteiger partial charge in [-0.15, -0.1) is 0 Å². The standard InChI is InChI=1S/C16H11N3O5/c1-8-6-10(19(23)24)3-5-13(8)17-14(20)9-2-4-11-12(7-9)16(22)18-15(11)21/h2-7H,1H3,(H,17,20)(H,18,21,22). The van der Waals surface area contributed by atoms with Crippen LogP contribution in [0.5, 0.6) is 0 Å². The Morgan fingerprint density at radius 1 is 1.08 bits per heavy atom. The van der Waals surface area contributed by atoms with Crippen LogP contribution >= 0.6 is 0 Å². The Hall–Kier alpha value is -3.55. The fourth-order valence-corrected chi connectivity index (χ4v) is 2.41. The first-order valence-electron chi connectivity index (χ1n) is 6.93. The third kappa shape index (κ3) is 2.60. The van der Waals surface area contributed by atoms with Gasteiger partial charge >= 0.3 is 0 Å². The number of hydrogen-bond donors (Lipinski definition) is 2. The molecule has 8 heteroatoms. The maximum Gasteiger partial charge on any atom is 0.269 e. The van der Waals surface area contributed by atoms with Crippen molar-refractivity contribution in [3.8, 4) is 0 Å². The van der Waals surface area contributed by atoms with Gasteiger partial charge in [0.05, 0.1) is 16.1 Å². The van der Waals surface area contributed by atoms with Gasteiger partial charge in [-0.3, -0.25) is 29.8 Å². The van der Waals surface area contributed by atoms with Crippen LogP contribution in [0.4, 0.5) is 11.4 Å². The zero-order valence-corrected chi connectivity index (χ0v) is 12.5. The monoisotopic (exact) mass is 325 g/mol. The Bertz CT molecular complexity index is 920. The highest BCUT2D eigenvalue weighted by Crippen LogP contribution is 2.23. The number of benzene rings is 2. The van der Waals surface area contributed by atoms with Crippen molar-refractivity contribution in [2.45, 2.75) is 6.92 Å². The van der Waals surface area contributed by atoms with Crippen LogP contribution in [-0.4, -0.2) is 22.6 Å². The zero-order chi connectivity index (χ0) is 17.4. The molecule has 1 aliphatic heterocycles. The van der Waals surface area contributed by atoms with Crippen LogP contribution in [0, 0.1) is 17.0 Å². The smallest absolute Gasteiger partial charge is 0.269 e. The third-order valence-electron chi connectivity index (χ3n) is 3.67. The molecule has 8 nitrogen and oxygen atoms in total. The number of nitro benzene ring substituents is 1. The van der Waals surface area contributed by atoms with Crippen molar-refractivity contribution in [2.75, 3.05) is 5.32 Å². The van der Waals surface area contributed by atoms with Crippen molar-refractivity contribution in [1.82, 2.24) is 5.32 Å². The molecule has 120 valence electrons. The molecular weight excluding hydrogens is 314 g/mol. The van der Waals surface area contributed by atoms with Gasteiger partial charge in [-0.25, -0.2) is 0 Å². The number of non-ortho nitro benzene ring substituents is 1. The molecule has 0 aromatic heterocycles. The van der Waals surface area contributed by atoms with Crippen LogP contribution in [0.2, 0.25) is 0 Å². The van der Waals surface area contributed by atoms with E-state index < -0.39 is 22.6 Å². The predicted molar refractivity (Wildman–Crippen MR) is 84.0 cm³/mol. The molecule has 24 heavy (non-hydrogen) atoms.